The molecule has 17 heavy (non-hydrogen) atoms. The molecule has 1 aliphatic heterocycles. The fraction of sp³-hybridized carbons (Fsp3) is 0.929. The van der Waals surface area contributed by atoms with Crippen LogP contribution in [0.5, 0.6) is 0 Å². The number of amides is 1. The molecule has 0 aromatic heterocycles. The average molecular weight is 240 g/mol. The van der Waals surface area contributed by atoms with Gasteiger partial charge >= 0.3 is 0 Å². The number of rotatable bonds is 6. The predicted molar refractivity (Wildman–Crippen MR) is 72.0 cm³/mol. The summed E-state index contributed by atoms with van der Waals surface area (Å²) in [6.45, 7) is 9.60. The Bertz CT molecular complexity index is 230. The summed E-state index contributed by atoms with van der Waals surface area (Å²) in [5.74, 6) is 1.07. The smallest absolute Gasteiger partial charge is 0.222 e. The maximum atomic E-state index is 11.9. The predicted octanol–water partition coefficient (Wildman–Crippen LogP) is 2.41. The van der Waals surface area contributed by atoms with Crippen LogP contribution in [0, 0.1) is 5.92 Å². The molecule has 1 amide bonds. The molecule has 0 saturated carbocycles. The van der Waals surface area contributed by atoms with Gasteiger partial charge in [0.05, 0.1) is 0 Å². The number of carbonyl (C=O) groups excluding carboxylic acids is 1. The Morgan fingerprint density at radius 2 is 2.24 bits per heavy atom. The molecule has 0 aliphatic carbocycles. The van der Waals surface area contributed by atoms with Crippen molar-refractivity contribution in [3.05, 3.63) is 0 Å². The Morgan fingerprint density at radius 3 is 2.94 bits per heavy atom. The van der Waals surface area contributed by atoms with Crippen LogP contribution in [0.4, 0.5) is 0 Å². The lowest BCUT2D eigenvalue weighted by atomic mass is 10.0. The highest BCUT2D eigenvalue weighted by Crippen LogP contribution is 2.17. The van der Waals surface area contributed by atoms with E-state index in [9.17, 15) is 4.79 Å². The van der Waals surface area contributed by atoms with Gasteiger partial charge in [0.1, 0.15) is 0 Å². The van der Waals surface area contributed by atoms with E-state index in [0.29, 0.717) is 17.9 Å². The first-order chi connectivity index (χ1) is 8.13. The van der Waals surface area contributed by atoms with Crippen molar-refractivity contribution in [2.24, 2.45) is 5.92 Å². The number of carbonyl (C=O) groups is 1. The molecule has 0 spiro atoms. The standard InChI is InChI=1S/C14H28N2O/c1-4-9-15-13(3)8-11-16-10-7-12(2)5-6-14(16)17/h12-13,15H,4-11H2,1-3H3. The van der Waals surface area contributed by atoms with E-state index in [-0.39, 0.29) is 0 Å². The van der Waals surface area contributed by atoms with Gasteiger partial charge in [-0.2, -0.15) is 0 Å². The molecular weight excluding hydrogens is 212 g/mol. The molecule has 100 valence electrons. The first kappa shape index (κ1) is 14.5. The van der Waals surface area contributed by atoms with Crippen LogP contribution in [-0.2, 0) is 4.79 Å². The summed E-state index contributed by atoms with van der Waals surface area (Å²) in [7, 11) is 0. The molecule has 1 aliphatic rings. The van der Waals surface area contributed by atoms with Crippen molar-refractivity contribution in [2.75, 3.05) is 19.6 Å². The summed E-state index contributed by atoms with van der Waals surface area (Å²) in [6.07, 6.45) is 5.23. The Balaban J connectivity index is 2.27. The molecule has 3 heteroatoms. The monoisotopic (exact) mass is 240 g/mol. The Labute approximate surface area is 106 Å². The van der Waals surface area contributed by atoms with Crippen molar-refractivity contribution in [1.29, 1.82) is 0 Å². The van der Waals surface area contributed by atoms with Crippen LogP contribution in [0.1, 0.15) is 52.9 Å². The van der Waals surface area contributed by atoms with Crippen LogP contribution in [0.3, 0.4) is 0 Å². The highest BCUT2D eigenvalue weighted by molar-refractivity contribution is 5.76. The minimum Gasteiger partial charge on any atom is -0.343 e. The molecule has 1 rings (SSSR count). The Kier molecular flexibility index (Phi) is 6.56. The van der Waals surface area contributed by atoms with E-state index in [4.69, 9.17) is 0 Å². The summed E-state index contributed by atoms with van der Waals surface area (Å²) < 4.78 is 0. The zero-order valence-electron chi connectivity index (χ0n) is 11.7. The molecule has 0 aromatic carbocycles. The van der Waals surface area contributed by atoms with E-state index >= 15 is 0 Å². The number of likely N-dealkylation sites (tertiary alicyclic amines) is 1. The quantitative estimate of drug-likeness (QED) is 0.773. The second kappa shape index (κ2) is 7.70. The van der Waals surface area contributed by atoms with Crippen molar-refractivity contribution in [2.45, 2.75) is 58.9 Å². The maximum absolute atomic E-state index is 11.9. The van der Waals surface area contributed by atoms with Gasteiger partial charge in [0.15, 0.2) is 0 Å². The van der Waals surface area contributed by atoms with Crippen LogP contribution in [0.15, 0.2) is 0 Å². The van der Waals surface area contributed by atoms with Gasteiger partial charge in [-0.05, 0) is 45.1 Å². The Morgan fingerprint density at radius 1 is 1.47 bits per heavy atom. The molecule has 1 saturated heterocycles. The molecule has 1 N–H and O–H groups in total. The summed E-state index contributed by atoms with van der Waals surface area (Å²) in [4.78, 5) is 14.0. The lowest BCUT2D eigenvalue weighted by Gasteiger charge is -2.23. The molecule has 1 heterocycles. The zero-order valence-corrected chi connectivity index (χ0v) is 11.7. The van der Waals surface area contributed by atoms with Gasteiger partial charge < -0.3 is 10.2 Å². The highest BCUT2D eigenvalue weighted by Gasteiger charge is 2.20. The van der Waals surface area contributed by atoms with Crippen LogP contribution in [-0.4, -0.2) is 36.5 Å². The molecule has 2 unspecified atom stereocenters. The van der Waals surface area contributed by atoms with Crippen LogP contribution >= 0.6 is 0 Å². The third kappa shape index (κ3) is 5.53. The summed E-state index contributed by atoms with van der Waals surface area (Å²) in [5.41, 5.74) is 0. The summed E-state index contributed by atoms with van der Waals surface area (Å²) in [5, 5.41) is 3.47. The molecular formula is C14H28N2O. The first-order valence-electron chi connectivity index (χ1n) is 7.14. The van der Waals surface area contributed by atoms with Gasteiger partial charge in [-0.25, -0.2) is 0 Å². The van der Waals surface area contributed by atoms with Crippen LogP contribution in [0.2, 0.25) is 0 Å². The van der Waals surface area contributed by atoms with Gasteiger partial charge in [0.2, 0.25) is 5.91 Å². The summed E-state index contributed by atoms with van der Waals surface area (Å²) in [6, 6.07) is 0.517. The number of nitrogens with zero attached hydrogens (tertiary/aromatic N) is 1. The topological polar surface area (TPSA) is 32.3 Å². The molecule has 0 radical (unpaired) electrons. The minimum atomic E-state index is 0.358. The number of nitrogens with one attached hydrogen (secondary N) is 1. The normalized spacial score (nSPS) is 23.6. The number of hydrogen-bond donors (Lipinski definition) is 1. The van der Waals surface area contributed by atoms with Gasteiger partial charge in [-0.15, -0.1) is 0 Å². The van der Waals surface area contributed by atoms with E-state index in [1.165, 1.54) is 12.8 Å². The summed E-state index contributed by atoms with van der Waals surface area (Å²) >= 11 is 0. The van der Waals surface area contributed by atoms with Gasteiger partial charge in [-0.3, -0.25) is 4.79 Å². The first-order valence-corrected chi connectivity index (χ1v) is 7.14. The maximum Gasteiger partial charge on any atom is 0.222 e. The zero-order chi connectivity index (χ0) is 12.7. The largest absolute Gasteiger partial charge is 0.343 e. The fourth-order valence-electron chi connectivity index (χ4n) is 2.25. The van der Waals surface area contributed by atoms with Crippen molar-refractivity contribution in [1.82, 2.24) is 10.2 Å². The lowest BCUT2D eigenvalue weighted by Crippen LogP contribution is -2.36. The van der Waals surface area contributed by atoms with Crippen molar-refractivity contribution in [3.8, 4) is 0 Å². The second-order valence-corrected chi connectivity index (χ2v) is 5.46. The number of hydrogen-bond acceptors (Lipinski definition) is 2. The van der Waals surface area contributed by atoms with Crippen molar-refractivity contribution >= 4 is 5.91 Å². The van der Waals surface area contributed by atoms with E-state index < -0.39 is 0 Å². The van der Waals surface area contributed by atoms with Crippen molar-refractivity contribution in [3.63, 3.8) is 0 Å². The van der Waals surface area contributed by atoms with Gasteiger partial charge in [0.25, 0.3) is 0 Å². The van der Waals surface area contributed by atoms with E-state index in [2.05, 4.69) is 31.0 Å². The molecule has 3 nitrogen and oxygen atoms in total. The SMILES string of the molecule is CCCNC(C)CCN1CCC(C)CCC1=O. The Hall–Kier alpha value is -0.570. The highest BCUT2D eigenvalue weighted by atomic mass is 16.2. The van der Waals surface area contributed by atoms with Gasteiger partial charge in [-0.1, -0.05) is 13.8 Å². The molecule has 0 aromatic rings. The van der Waals surface area contributed by atoms with Crippen LogP contribution < -0.4 is 5.32 Å². The molecule has 1 fully saturated rings. The second-order valence-electron chi connectivity index (χ2n) is 5.46. The van der Waals surface area contributed by atoms with Gasteiger partial charge in [0, 0.05) is 25.6 Å². The minimum absolute atomic E-state index is 0.358. The fourth-order valence-corrected chi connectivity index (χ4v) is 2.25. The van der Waals surface area contributed by atoms with E-state index in [0.717, 1.165) is 38.9 Å². The lowest BCUT2D eigenvalue weighted by molar-refractivity contribution is -0.130. The van der Waals surface area contributed by atoms with E-state index in [1.807, 2.05) is 0 Å². The molecule has 0 bridgehead atoms. The molecule has 2 atom stereocenters. The third-order valence-electron chi connectivity index (χ3n) is 3.67. The van der Waals surface area contributed by atoms with E-state index in [1.54, 1.807) is 0 Å². The van der Waals surface area contributed by atoms with Crippen molar-refractivity contribution < 1.29 is 4.79 Å². The average Bonchev–Trinajstić information content (AvgIpc) is 2.47. The third-order valence-corrected chi connectivity index (χ3v) is 3.67. The van der Waals surface area contributed by atoms with Crippen LogP contribution in [0.25, 0.3) is 0 Å².